The zero-order valence-corrected chi connectivity index (χ0v) is 19.7. The Hall–Kier alpha value is -3.87. The third-order valence-corrected chi connectivity index (χ3v) is 5.42. The quantitative estimate of drug-likeness (QED) is 0.365. The Morgan fingerprint density at radius 2 is 1.62 bits per heavy atom. The van der Waals surface area contributed by atoms with E-state index in [-0.39, 0.29) is 24.9 Å². The van der Waals surface area contributed by atoms with Gasteiger partial charge in [-0.15, -0.1) is 0 Å². The zero-order chi connectivity index (χ0) is 24.5. The molecule has 0 saturated heterocycles. The van der Waals surface area contributed by atoms with Crippen LogP contribution in [0.15, 0.2) is 66.9 Å². The lowest BCUT2D eigenvalue weighted by atomic mass is 9.95. The second kappa shape index (κ2) is 11.8. The highest BCUT2D eigenvalue weighted by Crippen LogP contribution is 2.28. The van der Waals surface area contributed by atoms with Gasteiger partial charge in [0.15, 0.2) is 0 Å². The third-order valence-electron chi connectivity index (χ3n) is 5.42. The summed E-state index contributed by atoms with van der Waals surface area (Å²) in [5, 5.41) is 14.8. The van der Waals surface area contributed by atoms with E-state index in [1.807, 2.05) is 24.3 Å². The number of anilines is 1. The minimum atomic E-state index is -0.953. The molecule has 1 atom stereocenters. The average molecular weight is 462 g/mol. The molecule has 7 heteroatoms. The van der Waals surface area contributed by atoms with Crippen molar-refractivity contribution in [3.63, 3.8) is 0 Å². The van der Waals surface area contributed by atoms with Crippen LogP contribution < -0.4 is 15.4 Å². The maximum Gasteiger partial charge on any atom is 0.305 e. The van der Waals surface area contributed by atoms with Crippen molar-refractivity contribution in [1.29, 1.82) is 0 Å². The fraction of sp³-hybridized carbons (Fsp3) is 0.296. The Balaban J connectivity index is 1.69. The van der Waals surface area contributed by atoms with Gasteiger partial charge in [-0.05, 0) is 53.3 Å². The van der Waals surface area contributed by atoms with Crippen LogP contribution in [0.1, 0.15) is 48.7 Å². The first kappa shape index (κ1) is 24.8. The first-order valence-electron chi connectivity index (χ1n) is 11.3. The standard InChI is InChI=1S/C27H31N3O4/c1-18(2)16-24(21-6-4-19(5-7-21)20-8-11-23(34-3)12-9-20)30-25-13-10-22(17-29-25)27(33)28-15-14-26(31)32/h4-13,17-18,24H,14-16H2,1-3H3,(H,28,33)(H,29,30)(H,31,32). The molecule has 3 aromatic rings. The summed E-state index contributed by atoms with van der Waals surface area (Å²) in [6.45, 7) is 4.44. The maximum absolute atomic E-state index is 12.1. The topological polar surface area (TPSA) is 101 Å². The molecule has 178 valence electrons. The van der Waals surface area contributed by atoms with Gasteiger partial charge in [0.2, 0.25) is 0 Å². The van der Waals surface area contributed by atoms with Gasteiger partial charge in [0.05, 0.1) is 25.1 Å². The van der Waals surface area contributed by atoms with Crippen molar-refractivity contribution in [2.45, 2.75) is 32.7 Å². The number of amides is 1. The van der Waals surface area contributed by atoms with E-state index in [1.54, 1.807) is 19.2 Å². The van der Waals surface area contributed by atoms with Crippen molar-refractivity contribution >= 4 is 17.7 Å². The zero-order valence-electron chi connectivity index (χ0n) is 19.7. The molecular weight excluding hydrogens is 430 g/mol. The number of nitrogens with zero attached hydrogens (tertiary/aromatic N) is 1. The van der Waals surface area contributed by atoms with Crippen LogP contribution in [0.4, 0.5) is 5.82 Å². The molecule has 1 aromatic heterocycles. The monoisotopic (exact) mass is 461 g/mol. The predicted molar refractivity (Wildman–Crippen MR) is 133 cm³/mol. The fourth-order valence-corrected chi connectivity index (χ4v) is 3.62. The van der Waals surface area contributed by atoms with E-state index in [2.05, 4.69) is 53.7 Å². The van der Waals surface area contributed by atoms with Crippen molar-refractivity contribution in [3.05, 3.63) is 78.0 Å². The number of ether oxygens (including phenoxy) is 1. The van der Waals surface area contributed by atoms with Gasteiger partial charge >= 0.3 is 5.97 Å². The molecule has 0 spiro atoms. The molecule has 2 aromatic carbocycles. The van der Waals surface area contributed by atoms with E-state index in [0.717, 1.165) is 28.9 Å². The number of aliphatic carboxylic acids is 1. The summed E-state index contributed by atoms with van der Waals surface area (Å²) >= 11 is 0. The van der Waals surface area contributed by atoms with Crippen molar-refractivity contribution in [2.75, 3.05) is 19.0 Å². The molecule has 34 heavy (non-hydrogen) atoms. The lowest BCUT2D eigenvalue weighted by Gasteiger charge is -2.22. The van der Waals surface area contributed by atoms with E-state index in [4.69, 9.17) is 9.84 Å². The summed E-state index contributed by atoms with van der Waals surface area (Å²) in [5.41, 5.74) is 3.80. The second-order valence-electron chi connectivity index (χ2n) is 8.51. The Kier molecular flexibility index (Phi) is 8.62. The molecule has 1 amide bonds. The average Bonchev–Trinajstić information content (AvgIpc) is 2.83. The summed E-state index contributed by atoms with van der Waals surface area (Å²) in [4.78, 5) is 27.1. The fourth-order valence-electron chi connectivity index (χ4n) is 3.62. The Morgan fingerprint density at radius 1 is 0.971 bits per heavy atom. The maximum atomic E-state index is 12.1. The second-order valence-corrected chi connectivity index (χ2v) is 8.51. The first-order chi connectivity index (χ1) is 16.4. The molecule has 1 heterocycles. The van der Waals surface area contributed by atoms with E-state index in [9.17, 15) is 9.59 Å². The number of benzene rings is 2. The number of aromatic nitrogens is 1. The molecule has 0 aliphatic carbocycles. The van der Waals surface area contributed by atoms with Crippen LogP contribution in [-0.4, -0.2) is 35.6 Å². The largest absolute Gasteiger partial charge is 0.497 e. The number of nitrogens with one attached hydrogen (secondary N) is 2. The van der Waals surface area contributed by atoms with Crippen molar-refractivity contribution < 1.29 is 19.4 Å². The molecule has 3 rings (SSSR count). The van der Waals surface area contributed by atoms with E-state index in [1.165, 1.54) is 6.20 Å². The number of hydrogen-bond donors (Lipinski definition) is 3. The molecule has 0 saturated carbocycles. The lowest BCUT2D eigenvalue weighted by molar-refractivity contribution is -0.136. The minimum Gasteiger partial charge on any atom is -0.497 e. The van der Waals surface area contributed by atoms with Crippen molar-refractivity contribution in [1.82, 2.24) is 10.3 Å². The number of carboxylic acid groups (broad SMARTS) is 1. The SMILES string of the molecule is COc1ccc(-c2ccc(C(CC(C)C)Nc3ccc(C(=O)NCCC(=O)O)cn3)cc2)cc1. The number of pyridine rings is 1. The molecular formula is C27H31N3O4. The van der Waals surface area contributed by atoms with Crippen LogP contribution in [0.2, 0.25) is 0 Å². The first-order valence-corrected chi connectivity index (χ1v) is 11.3. The van der Waals surface area contributed by atoms with Gasteiger partial charge in [-0.2, -0.15) is 0 Å². The number of carbonyl (C=O) groups is 2. The van der Waals surface area contributed by atoms with Crippen LogP contribution in [-0.2, 0) is 4.79 Å². The van der Waals surface area contributed by atoms with Crippen LogP contribution in [0, 0.1) is 5.92 Å². The van der Waals surface area contributed by atoms with Crippen LogP contribution in [0.3, 0.4) is 0 Å². The van der Waals surface area contributed by atoms with Gasteiger partial charge in [0.25, 0.3) is 5.91 Å². The summed E-state index contributed by atoms with van der Waals surface area (Å²) in [6.07, 6.45) is 2.30. The summed E-state index contributed by atoms with van der Waals surface area (Å²) in [6, 6.07) is 20.0. The Morgan fingerprint density at radius 3 is 2.15 bits per heavy atom. The smallest absolute Gasteiger partial charge is 0.305 e. The molecule has 0 bridgehead atoms. The van der Waals surface area contributed by atoms with Gasteiger partial charge < -0.3 is 20.5 Å². The Labute approximate surface area is 200 Å². The number of methoxy groups -OCH3 is 1. The van der Waals surface area contributed by atoms with Gasteiger partial charge in [-0.1, -0.05) is 50.2 Å². The number of carbonyl (C=O) groups excluding carboxylic acids is 1. The molecule has 7 nitrogen and oxygen atoms in total. The highest BCUT2D eigenvalue weighted by molar-refractivity contribution is 5.94. The number of rotatable bonds is 11. The number of hydrogen-bond acceptors (Lipinski definition) is 5. The molecule has 3 N–H and O–H groups in total. The van der Waals surface area contributed by atoms with E-state index >= 15 is 0 Å². The summed E-state index contributed by atoms with van der Waals surface area (Å²) < 4.78 is 5.24. The summed E-state index contributed by atoms with van der Waals surface area (Å²) in [7, 11) is 1.66. The minimum absolute atomic E-state index is 0.0626. The molecule has 0 aliphatic rings. The summed E-state index contributed by atoms with van der Waals surface area (Å²) in [5.74, 6) is 0.683. The van der Waals surface area contributed by atoms with Gasteiger partial charge in [-0.25, -0.2) is 4.98 Å². The van der Waals surface area contributed by atoms with Gasteiger partial charge in [-0.3, -0.25) is 9.59 Å². The van der Waals surface area contributed by atoms with Crippen LogP contribution in [0.25, 0.3) is 11.1 Å². The van der Waals surface area contributed by atoms with Gasteiger partial charge in [0, 0.05) is 12.7 Å². The van der Waals surface area contributed by atoms with Crippen LogP contribution >= 0.6 is 0 Å². The highest BCUT2D eigenvalue weighted by atomic mass is 16.5. The van der Waals surface area contributed by atoms with Gasteiger partial charge in [0.1, 0.15) is 11.6 Å². The molecule has 0 aliphatic heterocycles. The molecule has 1 unspecified atom stereocenters. The lowest BCUT2D eigenvalue weighted by Crippen LogP contribution is -2.26. The molecule has 0 radical (unpaired) electrons. The third kappa shape index (κ3) is 7.07. The van der Waals surface area contributed by atoms with E-state index in [0.29, 0.717) is 17.3 Å². The molecule has 0 fully saturated rings. The highest BCUT2D eigenvalue weighted by Gasteiger charge is 2.15. The predicted octanol–water partition coefficient (Wildman–Crippen LogP) is 5.16. The van der Waals surface area contributed by atoms with Crippen molar-refractivity contribution in [2.24, 2.45) is 5.92 Å². The van der Waals surface area contributed by atoms with Crippen molar-refractivity contribution in [3.8, 4) is 16.9 Å². The van der Waals surface area contributed by atoms with Crippen LogP contribution in [0.5, 0.6) is 5.75 Å². The number of carboxylic acids is 1. The van der Waals surface area contributed by atoms with E-state index < -0.39 is 5.97 Å². The normalized spacial score (nSPS) is 11.6. The Bertz CT molecular complexity index is 1080.